The van der Waals surface area contributed by atoms with Crippen molar-refractivity contribution in [2.75, 3.05) is 6.54 Å². The van der Waals surface area contributed by atoms with Crippen LogP contribution < -0.4 is 10.5 Å². The van der Waals surface area contributed by atoms with E-state index in [1.165, 1.54) is 25.1 Å². The molecule has 0 spiro atoms. The summed E-state index contributed by atoms with van der Waals surface area (Å²) in [7, 11) is -3.78. The largest absolute Gasteiger partial charge is 0.329 e. The highest BCUT2D eigenvalue weighted by atomic mass is 35.5. The Bertz CT molecular complexity index is 622. The highest BCUT2D eigenvalue weighted by Crippen LogP contribution is 2.24. The number of nitrogens with two attached hydrogens (primary N) is 1. The van der Waals surface area contributed by atoms with Gasteiger partial charge in [-0.1, -0.05) is 13.8 Å². The number of nitrogens with one attached hydrogen (secondary N) is 1. The van der Waals surface area contributed by atoms with Gasteiger partial charge in [0.1, 0.15) is 0 Å². The first-order valence-electron chi connectivity index (χ1n) is 6.70. The van der Waals surface area contributed by atoms with Gasteiger partial charge in [0.2, 0.25) is 10.0 Å². The van der Waals surface area contributed by atoms with Crippen molar-refractivity contribution >= 4 is 28.1 Å². The predicted octanol–water partition coefficient (Wildman–Crippen LogP) is 2.12. The van der Waals surface area contributed by atoms with Crippen LogP contribution in [0.15, 0.2) is 23.1 Å². The third kappa shape index (κ3) is 4.39. The monoisotopic (exact) mass is 351 g/mol. The van der Waals surface area contributed by atoms with Crippen molar-refractivity contribution in [2.24, 2.45) is 5.73 Å². The summed E-state index contributed by atoms with van der Waals surface area (Å²) >= 11 is 0. The van der Waals surface area contributed by atoms with E-state index in [1.807, 2.05) is 13.8 Å². The van der Waals surface area contributed by atoms with Crippen LogP contribution in [0.4, 0.5) is 5.69 Å². The minimum Gasteiger partial charge on any atom is -0.329 e. The van der Waals surface area contributed by atoms with Crippen LogP contribution in [0.5, 0.6) is 0 Å². The van der Waals surface area contributed by atoms with Crippen molar-refractivity contribution < 1.29 is 13.3 Å². The van der Waals surface area contributed by atoms with Crippen LogP contribution >= 0.6 is 12.4 Å². The van der Waals surface area contributed by atoms with Crippen LogP contribution in [0.1, 0.15) is 32.3 Å². The number of nitrogens with zero attached hydrogens (tertiary/aromatic N) is 1. The summed E-state index contributed by atoms with van der Waals surface area (Å²) in [4.78, 5) is 10.2. The molecule has 0 heterocycles. The Kier molecular flexibility index (Phi) is 7.43. The van der Waals surface area contributed by atoms with Gasteiger partial charge in [-0.15, -0.1) is 12.4 Å². The zero-order valence-electron chi connectivity index (χ0n) is 12.8. The molecule has 22 heavy (non-hydrogen) atoms. The first-order valence-corrected chi connectivity index (χ1v) is 8.18. The highest BCUT2D eigenvalue weighted by Gasteiger charge is 2.31. The second-order valence-corrected chi connectivity index (χ2v) is 6.65. The van der Waals surface area contributed by atoms with Crippen LogP contribution in [0.2, 0.25) is 0 Å². The van der Waals surface area contributed by atoms with Crippen molar-refractivity contribution in [3.05, 3.63) is 33.9 Å². The number of non-ortho nitro benzene ring substituents is 1. The minimum absolute atomic E-state index is 0. The Labute approximate surface area is 136 Å². The van der Waals surface area contributed by atoms with E-state index >= 15 is 0 Å². The Morgan fingerprint density at radius 1 is 1.32 bits per heavy atom. The summed E-state index contributed by atoms with van der Waals surface area (Å²) in [6, 6.07) is 3.68. The molecular weight excluding hydrogens is 330 g/mol. The van der Waals surface area contributed by atoms with Crippen molar-refractivity contribution in [1.29, 1.82) is 0 Å². The number of benzene rings is 1. The molecule has 0 aliphatic heterocycles. The molecule has 0 amide bonds. The van der Waals surface area contributed by atoms with E-state index in [1.54, 1.807) is 0 Å². The van der Waals surface area contributed by atoms with Gasteiger partial charge in [0, 0.05) is 24.2 Å². The average Bonchev–Trinajstić information content (AvgIpc) is 2.44. The summed E-state index contributed by atoms with van der Waals surface area (Å²) in [5.74, 6) is 0. The highest BCUT2D eigenvalue weighted by molar-refractivity contribution is 7.89. The second kappa shape index (κ2) is 7.87. The van der Waals surface area contributed by atoms with Crippen molar-refractivity contribution in [2.45, 2.75) is 44.0 Å². The van der Waals surface area contributed by atoms with Crippen LogP contribution in [0.25, 0.3) is 0 Å². The predicted molar refractivity (Wildman–Crippen MR) is 87.8 cm³/mol. The number of rotatable bonds is 7. The lowest BCUT2D eigenvalue weighted by Crippen LogP contribution is -2.52. The van der Waals surface area contributed by atoms with E-state index in [-0.39, 0.29) is 29.5 Å². The lowest BCUT2D eigenvalue weighted by molar-refractivity contribution is -0.385. The minimum atomic E-state index is -3.78. The maximum atomic E-state index is 12.5. The quantitative estimate of drug-likeness (QED) is 0.576. The maximum absolute atomic E-state index is 12.5. The standard InChI is InChI=1S/C13H21N3O4S.ClH/c1-4-13(5-2,9-14)15-21(19,20)12-7-6-11(16(17)18)8-10(12)3;/h6-8,15H,4-5,9,14H2,1-3H3;1H. The fraction of sp³-hybridized carbons (Fsp3) is 0.538. The molecular formula is C13H22ClN3O4S. The van der Waals surface area contributed by atoms with E-state index in [4.69, 9.17) is 5.73 Å². The summed E-state index contributed by atoms with van der Waals surface area (Å²) < 4.78 is 27.6. The van der Waals surface area contributed by atoms with Gasteiger partial charge in [0.15, 0.2) is 0 Å². The average molecular weight is 352 g/mol. The van der Waals surface area contributed by atoms with Crippen molar-refractivity contribution in [3.8, 4) is 0 Å². The van der Waals surface area contributed by atoms with Crippen LogP contribution in [-0.2, 0) is 10.0 Å². The Morgan fingerprint density at radius 2 is 1.86 bits per heavy atom. The Hall–Kier alpha value is -1.22. The second-order valence-electron chi connectivity index (χ2n) is 5.00. The van der Waals surface area contributed by atoms with E-state index in [9.17, 15) is 18.5 Å². The maximum Gasteiger partial charge on any atom is 0.269 e. The molecule has 0 radical (unpaired) electrons. The van der Waals surface area contributed by atoms with Crippen molar-refractivity contribution in [1.82, 2.24) is 4.72 Å². The van der Waals surface area contributed by atoms with Gasteiger partial charge in [-0.05, 0) is 31.4 Å². The van der Waals surface area contributed by atoms with Gasteiger partial charge in [-0.2, -0.15) is 0 Å². The third-order valence-electron chi connectivity index (χ3n) is 3.75. The first-order chi connectivity index (χ1) is 9.71. The fourth-order valence-electron chi connectivity index (χ4n) is 2.11. The molecule has 1 rings (SSSR count). The topological polar surface area (TPSA) is 115 Å². The van der Waals surface area contributed by atoms with Gasteiger partial charge >= 0.3 is 0 Å². The summed E-state index contributed by atoms with van der Waals surface area (Å²) in [5, 5.41) is 10.7. The molecule has 7 nitrogen and oxygen atoms in total. The van der Waals surface area contributed by atoms with Gasteiger partial charge in [-0.3, -0.25) is 10.1 Å². The number of nitro groups is 1. The lowest BCUT2D eigenvalue weighted by Gasteiger charge is -2.31. The number of aryl methyl sites for hydroxylation is 1. The molecule has 0 atom stereocenters. The third-order valence-corrected chi connectivity index (χ3v) is 5.49. The number of halogens is 1. The molecule has 1 aromatic carbocycles. The number of hydrogen-bond donors (Lipinski definition) is 2. The molecule has 0 saturated heterocycles. The number of nitro benzene ring substituents is 1. The first kappa shape index (κ1) is 20.8. The van der Waals surface area contributed by atoms with Crippen molar-refractivity contribution in [3.63, 3.8) is 0 Å². The molecule has 0 fully saturated rings. The fourth-order valence-corrected chi connectivity index (χ4v) is 3.90. The van der Waals surface area contributed by atoms with E-state index in [2.05, 4.69) is 4.72 Å². The molecule has 0 aromatic heterocycles. The lowest BCUT2D eigenvalue weighted by atomic mass is 9.95. The molecule has 126 valence electrons. The molecule has 0 aliphatic rings. The number of hydrogen-bond acceptors (Lipinski definition) is 5. The molecule has 0 aliphatic carbocycles. The zero-order chi connectivity index (χ0) is 16.3. The summed E-state index contributed by atoms with van der Waals surface area (Å²) in [6.45, 7) is 5.44. The number of sulfonamides is 1. The van der Waals surface area contributed by atoms with Gasteiger partial charge in [-0.25, -0.2) is 13.1 Å². The van der Waals surface area contributed by atoms with Gasteiger partial charge < -0.3 is 5.73 Å². The van der Waals surface area contributed by atoms with E-state index < -0.39 is 20.5 Å². The van der Waals surface area contributed by atoms with Gasteiger partial charge in [0.25, 0.3) is 5.69 Å². The molecule has 9 heteroatoms. The van der Waals surface area contributed by atoms with Crippen LogP contribution in [0.3, 0.4) is 0 Å². The Balaban J connectivity index is 0.00000441. The van der Waals surface area contributed by atoms with Crippen LogP contribution in [-0.4, -0.2) is 25.4 Å². The summed E-state index contributed by atoms with van der Waals surface area (Å²) in [5.41, 5.74) is 5.19. The Morgan fingerprint density at radius 3 is 2.23 bits per heavy atom. The summed E-state index contributed by atoms with van der Waals surface area (Å²) in [6.07, 6.45) is 1.12. The smallest absolute Gasteiger partial charge is 0.269 e. The molecule has 0 unspecified atom stereocenters. The molecule has 0 bridgehead atoms. The SMILES string of the molecule is CCC(CC)(CN)NS(=O)(=O)c1ccc([N+](=O)[O-])cc1C.Cl. The van der Waals surface area contributed by atoms with Gasteiger partial charge in [0.05, 0.1) is 9.82 Å². The molecule has 1 aromatic rings. The van der Waals surface area contributed by atoms with E-state index in [0.29, 0.717) is 18.4 Å². The normalized spacial score (nSPS) is 11.8. The van der Waals surface area contributed by atoms with E-state index in [0.717, 1.165) is 0 Å². The zero-order valence-corrected chi connectivity index (χ0v) is 14.5. The van der Waals surface area contributed by atoms with Crippen LogP contribution in [0, 0.1) is 17.0 Å². The molecule has 0 saturated carbocycles. The molecule has 3 N–H and O–H groups in total.